The summed E-state index contributed by atoms with van der Waals surface area (Å²) < 4.78 is 37.3. The van der Waals surface area contributed by atoms with Crippen LogP contribution in [0.25, 0.3) is 0 Å². The zero-order valence-corrected chi connectivity index (χ0v) is 8.51. The van der Waals surface area contributed by atoms with Gasteiger partial charge in [-0.25, -0.2) is 0 Å². The van der Waals surface area contributed by atoms with Gasteiger partial charge in [-0.1, -0.05) is 20.8 Å². The van der Waals surface area contributed by atoms with Crippen molar-refractivity contribution in [3.8, 4) is 0 Å². The van der Waals surface area contributed by atoms with Crippen LogP contribution in [-0.4, -0.2) is 0 Å². The Morgan fingerprint density at radius 2 is 1.69 bits per heavy atom. The van der Waals surface area contributed by atoms with Crippen LogP contribution in [-0.2, 0) is 11.6 Å². The van der Waals surface area contributed by atoms with Crippen LogP contribution in [0, 0.1) is 0 Å². The molecule has 0 nitrogen and oxygen atoms in total. The maximum absolute atomic E-state index is 12.4. The van der Waals surface area contributed by atoms with Crippen LogP contribution in [0.3, 0.4) is 0 Å². The van der Waals surface area contributed by atoms with Gasteiger partial charge in [-0.15, -0.1) is 11.3 Å². The van der Waals surface area contributed by atoms with Crippen molar-refractivity contribution in [2.75, 3.05) is 0 Å². The third-order valence-electron chi connectivity index (χ3n) is 1.65. The molecule has 1 heterocycles. The first-order chi connectivity index (χ1) is 5.73. The predicted octanol–water partition coefficient (Wildman–Crippen LogP) is 4.06. The number of hydrogen-bond donors (Lipinski definition) is 0. The summed E-state index contributed by atoms with van der Waals surface area (Å²) in [4.78, 5) is 0.403. The normalized spacial score (nSPS) is 13.4. The van der Waals surface area contributed by atoms with Gasteiger partial charge >= 0.3 is 6.18 Å². The largest absolute Gasteiger partial charge is 0.417 e. The molecule has 0 atom stereocenters. The van der Waals surface area contributed by atoms with Gasteiger partial charge in [0, 0.05) is 4.88 Å². The highest BCUT2D eigenvalue weighted by molar-refractivity contribution is 7.10. The molecule has 0 amide bonds. The average molecular weight is 208 g/mol. The molecule has 0 spiro atoms. The Labute approximate surface area is 79.4 Å². The molecule has 0 aliphatic carbocycles. The minimum Gasteiger partial charge on any atom is -0.166 e. The van der Waals surface area contributed by atoms with Gasteiger partial charge in [-0.2, -0.15) is 13.2 Å². The fourth-order valence-electron chi connectivity index (χ4n) is 1.11. The van der Waals surface area contributed by atoms with E-state index in [1.165, 1.54) is 5.38 Å². The van der Waals surface area contributed by atoms with Crippen LogP contribution in [0.4, 0.5) is 13.2 Å². The van der Waals surface area contributed by atoms with E-state index in [-0.39, 0.29) is 0 Å². The van der Waals surface area contributed by atoms with Gasteiger partial charge < -0.3 is 0 Å². The highest BCUT2D eigenvalue weighted by Gasteiger charge is 2.37. The van der Waals surface area contributed by atoms with Gasteiger partial charge in [0.1, 0.15) is 0 Å². The molecule has 1 aromatic heterocycles. The highest BCUT2D eigenvalue weighted by atomic mass is 32.1. The Morgan fingerprint density at radius 1 is 1.15 bits per heavy atom. The molecule has 74 valence electrons. The number of alkyl halides is 3. The number of rotatable bonds is 0. The fourth-order valence-corrected chi connectivity index (χ4v) is 2.12. The summed E-state index contributed by atoms with van der Waals surface area (Å²) in [7, 11) is 0. The molecule has 0 saturated carbocycles. The van der Waals surface area contributed by atoms with Crippen LogP contribution in [0.2, 0.25) is 0 Å². The molecule has 0 aliphatic rings. The summed E-state index contributed by atoms with van der Waals surface area (Å²) in [5, 5.41) is 1.49. The van der Waals surface area contributed by atoms with Crippen molar-refractivity contribution in [1.29, 1.82) is 0 Å². The SMILES string of the molecule is CC(C)(C)c1sccc1C(F)(F)F. The van der Waals surface area contributed by atoms with Crippen LogP contribution in [0.5, 0.6) is 0 Å². The second-order valence-corrected chi connectivity index (χ2v) is 4.83. The first-order valence-corrected chi connectivity index (χ1v) is 4.76. The molecular weight excluding hydrogens is 197 g/mol. The molecule has 0 N–H and O–H groups in total. The minimum atomic E-state index is -4.22. The average Bonchev–Trinajstić information content (AvgIpc) is 2.27. The first kappa shape index (κ1) is 10.6. The molecule has 0 radical (unpaired) electrons. The molecular formula is C9H11F3S. The maximum Gasteiger partial charge on any atom is 0.417 e. The molecule has 13 heavy (non-hydrogen) atoms. The van der Waals surface area contributed by atoms with Crippen LogP contribution in [0.1, 0.15) is 31.2 Å². The van der Waals surface area contributed by atoms with E-state index in [0.717, 1.165) is 17.4 Å². The lowest BCUT2D eigenvalue weighted by Crippen LogP contribution is -2.16. The van der Waals surface area contributed by atoms with Crippen molar-refractivity contribution in [3.05, 3.63) is 21.9 Å². The van der Waals surface area contributed by atoms with E-state index in [0.29, 0.717) is 4.88 Å². The maximum atomic E-state index is 12.4. The summed E-state index contributed by atoms with van der Waals surface area (Å²) in [5.74, 6) is 0. The summed E-state index contributed by atoms with van der Waals surface area (Å²) in [6.45, 7) is 5.36. The third kappa shape index (κ3) is 2.24. The van der Waals surface area contributed by atoms with Gasteiger partial charge in [-0.3, -0.25) is 0 Å². The van der Waals surface area contributed by atoms with Crippen molar-refractivity contribution >= 4 is 11.3 Å². The Hall–Kier alpha value is -0.510. The lowest BCUT2D eigenvalue weighted by atomic mass is 9.91. The van der Waals surface area contributed by atoms with Crippen molar-refractivity contribution in [3.63, 3.8) is 0 Å². The summed E-state index contributed by atoms with van der Waals surface area (Å²) >= 11 is 1.16. The zero-order valence-electron chi connectivity index (χ0n) is 7.70. The topological polar surface area (TPSA) is 0 Å². The summed E-state index contributed by atoms with van der Waals surface area (Å²) in [6, 6.07) is 1.14. The Balaban J connectivity index is 3.19. The Morgan fingerprint density at radius 3 is 2.00 bits per heavy atom. The van der Waals surface area contributed by atoms with E-state index < -0.39 is 17.2 Å². The summed E-state index contributed by atoms with van der Waals surface area (Å²) in [5.41, 5.74) is -0.927. The molecule has 0 aliphatic heterocycles. The van der Waals surface area contributed by atoms with Gasteiger partial charge in [0.05, 0.1) is 5.56 Å². The van der Waals surface area contributed by atoms with Gasteiger partial charge in [0.25, 0.3) is 0 Å². The molecule has 0 fully saturated rings. The second kappa shape index (κ2) is 3.01. The number of halogens is 3. The predicted molar refractivity (Wildman–Crippen MR) is 48.0 cm³/mol. The van der Waals surface area contributed by atoms with Crippen molar-refractivity contribution in [1.82, 2.24) is 0 Å². The highest BCUT2D eigenvalue weighted by Crippen LogP contribution is 2.40. The molecule has 0 unspecified atom stereocenters. The van der Waals surface area contributed by atoms with Gasteiger partial charge in [0.2, 0.25) is 0 Å². The monoisotopic (exact) mass is 208 g/mol. The van der Waals surface area contributed by atoms with E-state index >= 15 is 0 Å². The van der Waals surface area contributed by atoms with Crippen LogP contribution in [0.15, 0.2) is 11.4 Å². The van der Waals surface area contributed by atoms with E-state index in [1.54, 1.807) is 20.8 Å². The Bertz CT molecular complexity index is 262. The smallest absolute Gasteiger partial charge is 0.166 e. The van der Waals surface area contributed by atoms with E-state index in [1.807, 2.05) is 0 Å². The van der Waals surface area contributed by atoms with Crippen molar-refractivity contribution in [2.24, 2.45) is 0 Å². The fraction of sp³-hybridized carbons (Fsp3) is 0.556. The standard InChI is InChI=1S/C9H11F3S/c1-8(2,3)7-6(4-5-13-7)9(10,11)12/h4-5H,1-3H3. The number of hydrogen-bond acceptors (Lipinski definition) is 1. The van der Waals surface area contributed by atoms with Crippen LogP contribution >= 0.6 is 11.3 Å². The molecule has 0 bridgehead atoms. The van der Waals surface area contributed by atoms with Gasteiger partial charge in [0.15, 0.2) is 0 Å². The van der Waals surface area contributed by atoms with Gasteiger partial charge in [-0.05, 0) is 16.9 Å². The van der Waals surface area contributed by atoms with E-state index in [2.05, 4.69) is 0 Å². The lowest BCUT2D eigenvalue weighted by Gasteiger charge is -2.19. The third-order valence-corrected chi connectivity index (χ3v) is 2.99. The first-order valence-electron chi connectivity index (χ1n) is 3.88. The molecule has 1 aromatic rings. The second-order valence-electron chi connectivity index (χ2n) is 3.91. The molecule has 4 heteroatoms. The molecule has 1 rings (SSSR count). The van der Waals surface area contributed by atoms with Crippen molar-refractivity contribution in [2.45, 2.75) is 32.4 Å². The zero-order chi connectivity index (χ0) is 10.3. The Kier molecular flexibility index (Phi) is 2.45. The van der Waals surface area contributed by atoms with Crippen LogP contribution < -0.4 is 0 Å². The lowest BCUT2D eigenvalue weighted by molar-refractivity contribution is -0.138. The minimum absolute atomic E-state index is 0.403. The van der Waals surface area contributed by atoms with E-state index in [9.17, 15) is 13.2 Å². The molecule has 0 saturated heterocycles. The molecule has 0 aromatic carbocycles. The van der Waals surface area contributed by atoms with Crippen molar-refractivity contribution < 1.29 is 13.2 Å². The quantitative estimate of drug-likeness (QED) is 0.603. The summed E-state index contributed by atoms with van der Waals surface area (Å²) in [6.07, 6.45) is -4.22. The van der Waals surface area contributed by atoms with E-state index in [4.69, 9.17) is 0 Å². The number of thiophene rings is 1.